The third kappa shape index (κ3) is 2.46. The van der Waals surface area contributed by atoms with Gasteiger partial charge in [-0.1, -0.05) is 29.8 Å². The number of benzene rings is 2. The molecule has 2 rings (SSSR count). The van der Waals surface area contributed by atoms with Crippen molar-refractivity contribution in [3.63, 3.8) is 0 Å². The van der Waals surface area contributed by atoms with E-state index in [1.54, 1.807) is 18.2 Å². The van der Waals surface area contributed by atoms with Gasteiger partial charge in [-0.25, -0.2) is 4.39 Å². The lowest BCUT2D eigenvalue weighted by atomic mass is 10.0. The Hall–Kier alpha value is -2.00. The van der Waals surface area contributed by atoms with E-state index in [2.05, 4.69) is 0 Å². The van der Waals surface area contributed by atoms with Crippen molar-refractivity contribution in [1.82, 2.24) is 0 Å². The van der Waals surface area contributed by atoms with Crippen LogP contribution in [0, 0.1) is 5.82 Å². The van der Waals surface area contributed by atoms with Crippen molar-refractivity contribution < 1.29 is 4.39 Å². The molecule has 0 radical (unpaired) electrons. The second kappa shape index (κ2) is 5.10. The lowest BCUT2D eigenvalue weighted by Gasteiger charge is -2.08. The lowest BCUT2D eigenvalue weighted by molar-refractivity contribution is 0.628. The Kier molecular flexibility index (Phi) is 3.53. The first-order valence-corrected chi connectivity index (χ1v) is 5.73. The fourth-order valence-electron chi connectivity index (χ4n) is 1.67. The molecule has 2 aromatic rings. The highest BCUT2D eigenvalue weighted by atomic mass is 35.5. The first-order chi connectivity index (χ1) is 8.61. The predicted molar refractivity (Wildman–Crippen MR) is 74.3 cm³/mol. The molecule has 4 heteroatoms. The van der Waals surface area contributed by atoms with Gasteiger partial charge in [-0.05, 0) is 35.4 Å². The Morgan fingerprint density at radius 3 is 2.28 bits per heavy atom. The molecular weight excluding hydrogens is 251 g/mol. The van der Waals surface area contributed by atoms with Crippen molar-refractivity contribution >= 4 is 22.3 Å². The normalized spacial score (nSPS) is 11.6. The number of anilines is 1. The molecule has 0 heterocycles. The monoisotopic (exact) mass is 262 g/mol. The van der Waals surface area contributed by atoms with Gasteiger partial charge in [-0.3, -0.25) is 0 Å². The summed E-state index contributed by atoms with van der Waals surface area (Å²) in [7, 11) is 0. The molecule has 0 amide bonds. The second-order valence-electron chi connectivity index (χ2n) is 3.82. The van der Waals surface area contributed by atoms with Gasteiger partial charge in [-0.2, -0.15) is 0 Å². The molecule has 92 valence electrons. The summed E-state index contributed by atoms with van der Waals surface area (Å²) in [5.74, 6) is -0.269. The van der Waals surface area contributed by atoms with Crippen LogP contribution in [0.25, 0.3) is 16.2 Å². The molecule has 2 aromatic carbocycles. The van der Waals surface area contributed by atoms with Crippen LogP contribution in [0.5, 0.6) is 0 Å². The Balaban J connectivity index is 2.50. The SMILES string of the molecule is N/C=C(/Cl)c1cc(-c2ccc(F)cc2)ccc1N. The first-order valence-electron chi connectivity index (χ1n) is 5.35. The molecule has 0 aromatic heterocycles. The van der Waals surface area contributed by atoms with Gasteiger partial charge in [0.2, 0.25) is 0 Å². The Bertz CT molecular complexity index is 591. The molecule has 0 fully saturated rings. The largest absolute Gasteiger partial charge is 0.403 e. The lowest BCUT2D eigenvalue weighted by Crippen LogP contribution is -1.93. The van der Waals surface area contributed by atoms with Gasteiger partial charge in [0.25, 0.3) is 0 Å². The van der Waals surface area contributed by atoms with E-state index in [1.807, 2.05) is 12.1 Å². The van der Waals surface area contributed by atoms with E-state index >= 15 is 0 Å². The van der Waals surface area contributed by atoms with Crippen LogP contribution in [0.15, 0.2) is 48.7 Å². The van der Waals surface area contributed by atoms with Crippen molar-refractivity contribution in [2.75, 3.05) is 5.73 Å². The van der Waals surface area contributed by atoms with Crippen LogP contribution in [0.1, 0.15) is 5.56 Å². The molecule has 0 unspecified atom stereocenters. The van der Waals surface area contributed by atoms with Crippen LogP contribution in [0.2, 0.25) is 0 Å². The number of halogens is 2. The molecule has 0 aliphatic rings. The van der Waals surface area contributed by atoms with Crippen molar-refractivity contribution in [2.45, 2.75) is 0 Å². The highest BCUT2D eigenvalue weighted by Crippen LogP contribution is 2.29. The van der Waals surface area contributed by atoms with Crippen molar-refractivity contribution in [3.05, 3.63) is 60.0 Å². The molecule has 2 nitrogen and oxygen atoms in total. The maximum Gasteiger partial charge on any atom is 0.123 e. The van der Waals surface area contributed by atoms with E-state index in [0.29, 0.717) is 16.3 Å². The van der Waals surface area contributed by atoms with Gasteiger partial charge in [0.15, 0.2) is 0 Å². The van der Waals surface area contributed by atoms with Gasteiger partial charge in [0, 0.05) is 17.5 Å². The standard InChI is InChI=1S/C14H12ClFN2/c15-13(8-17)12-7-10(3-6-14(12)18)9-1-4-11(16)5-2-9/h1-8H,17-18H2/b13-8+. The summed E-state index contributed by atoms with van der Waals surface area (Å²) in [6, 6.07) is 11.6. The van der Waals surface area contributed by atoms with Gasteiger partial charge >= 0.3 is 0 Å². The summed E-state index contributed by atoms with van der Waals surface area (Å²) in [6.07, 6.45) is 1.29. The van der Waals surface area contributed by atoms with Crippen LogP contribution < -0.4 is 11.5 Å². The van der Waals surface area contributed by atoms with Crippen molar-refractivity contribution in [2.24, 2.45) is 5.73 Å². The van der Waals surface area contributed by atoms with E-state index in [9.17, 15) is 4.39 Å². The second-order valence-corrected chi connectivity index (χ2v) is 4.23. The Morgan fingerprint density at radius 1 is 1.06 bits per heavy atom. The van der Waals surface area contributed by atoms with Crippen LogP contribution >= 0.6 is 11.6 Å². The third-order valence-electron chi connectivity index (χ3n) is 2.63. The fraction of sp³-hybridized carbons (Fsp3) is 0. The van der Waals surface area contributed by atoms with E-state index in [-0.39, 0.29) is 5.82 Å². The summed E-state index contributed by atoms with van der Waals surface area (Å²) >= 11 is 5.98. The Labute approximate surface area is 110 Å². The summed E-state index contributed by atoms with van der Waals surface area (Å²) in [5, 5.41) is 0.386. The minimum atomic E-state index is -0.269. The maximum atomic E-state index is 12.9. The zero-order valence-corrected chi connectivity index (χ0v) is 10.3. The molecule has 0 saturated heterocycles. The average Bonchev–Trinajstić information content (AvgIpc) is 2.39. The van der Waals surface area contributed by atoms with E-state index in [1.165, 1.54) is 18.3 Å². The highest BCUT2D eigenvalue weighted by Gasteiger charge is 2.06. The van der Waals surface area contributed by atoms with Crippen LogP contribution in [-0.2, 0) is 0 Å². The summed E-state index contributed by atoms with van der Waals surface area (Å²) in [4.78, 5) is 0. The maximum absolute atomic E-state index is 12.9. The molecule has 0 saturated carbocycles. The number of rotatable bonds is 2. The minimum Gasteiger partial charge on any atom is -0.403 e. The molecule has 0 atom stereocenters. The topological polar surface area (TPSA) is 52.0 Å². The van der Waals surface area contributed by atoms with Crippen molar-refractivity contribution in [1.29, 1.82) is 0 Å². The quantitative estimate of drug-likeness (QED) is 0.813. The minimum absolute atomic E-state index is 0.269. The zero-order valence-electron chi connectivity index (χ0n) is 9.53. The van der Waals surface area contributed by atoms with Crippen LogP contribution in [-0.4, -0.2) is 0 Å². The van der Waals surface area contributed by atoms with Crippen LogP contribution in [0.3, 0.4) is 0 Å². The number of hydrogen-bond acceptors (Lipinski definition) is 2. The van der Waals surface area contributed by atoms with Gasteiger partial charge in [0.05, 0.1) is 5.03 Å². The summed E-state index contributed by atoms with van der Waals surface area (Å²) in [5.41, 5.74) is 14.2. The molecular formula is C14H12ClFN2. The molecule has 0 aliphatic heterocycles. The van der Waals surface area contributed by atoms with Crippen LogP contribution in [0.4, 0.5) is 10.1 Å². The Morgan fingerprint density at radius 2 is 1.67 bits per heavy atom. The van der Waals surface area contributed by atoms with E-state index < -0.39 is 0 Å². The number of nitrogen functional groups attached to an aromatic ring is 1. The average molecular weight is 263 g/mol. The summed E-state index contributed by atoms with van der Waals surface area (Å²) < 4.78 is 12.9. The van der Waals surface area contributed by atoms with E-state index in [0.717, 1.165) is 11.1 Å². The van der Waals surface area contributed by atoms with E-state index in [4.69, 9.17) is 23.1 Å². The highest BCUT2D eigenvalue weighted by molar-refractivity contribution is 6.49. The van der Waals surface area contributed by atoms with Gasteiger partial charge < -0.3 is 11.5 Å². The first kappa shape index (κ1) is 12.5. The molecule has 18 heavy (non-hydrogen) atoms. The predicted octanol–water partition coefficient (Wildman–Crippen LogP) is 3.57. The summed E-state index contributed by atoms with van der Waals surface area (Å²) in [6.45, 7) is 0. The smallest absolute Gasteiger partial charge is 0.123 e. The van der Waals surface area contributed by atoms with Gasteiger partial charge in [0.1, 0.15) is 5.82 Å². The van der Waals surface area contributed by atoms with Gasteiger partial charge in [-0.15, -0.1) is 0 Å². The fourth-order valence-corrected chi connectivity index (χ4v) is 1.84. The molecule has 0 bridgehead atoms. The molecule has 4 N–H and O–H groups in total. The third-order valence-corrected chi connectivity index (χ3v) is 2.96. The van der Waals surface area contributed by atoms with Crippen molar-refractivity contribution in [3.8, 4) is 11.1 Å². The molecule has 0 spiro atoms. The zero-order chi connectivity index (χ0) is 13.1. The molecule has 0 aliphatic carbocycles. The number of hydrogen-bond donors (Lipinski definition) is 2. The number of nitrogens with two attached hydrogens (primary N) is 2.